The first-order valence-electron chi connectivity index (χ1n) is 10.3. The Morgan fingerprint density at radius 1 is 1.16 bits per heavy atom. The number of rotatable bonds is 6. The van der Waals surface area contributed by atoms with Crippen molar-refractivity contribution in [2.45, 2.75) is 42.8 Å². The van der Waals surface area contributed by atoms with Crippen LogP contribution in [0.15, 0.2) is 42.5 Å². The van der Waals surface area contributed by atoms with Crippen LogP contribution in [0.25, 0.3) is 0 Å². The molecule has 2 N–H and O–H groups in total. The molecule has 3 aliphatic carbocycles. The second-order valence-electron chi connectivity index (χ2n) is 8.95. The van der Waals surface area contributed by atoms with E-state index in [1.165, 1.54) is 17.7 Å². The number of carbonyl (C=O) groups is 2. The zero-order valence-corrected chi connectivity index (χ0v) is 17.8. The SMILES string of the molecule is CN1c2ccccc2CC1C(=O)NC12CC(NC(=O)COc3ccc(Cl)c(F)c3)(C1)C2. The maximum atomic E-state index is 13.5. The van der Waals surface area contributed by atoms with Crippen LogP contribution in [0.5, 0.6) is 5.75 Å². The van der Waals surface area contributed by atoms with Crippen LogP contribution in [-0.2, 0) is 16.0 Å². The van der Waals surface area contributed by atoms with Crippen LogP contribution < -0.4 is 20.3 Å². The molecule has 0 spiro atoms. The van der Waals surface area contributed by atoms with Gasteiger partial charge in [-0.2, -0.15) is 0 Å². The van der Waals surface area contributed by atoms with Gasteiger partial charge in [-0.15, -0.1) is 0 Å². The number of likely N-dealkylation sites (N-methyl/N-ethyl adjacent to an activating group) is 1. The average Bonchev–Trinajstić information content (AvgIpc) is 3.03. The molecule has 162 valence electrons. The van der Waals surface area contributed by atoms with Gasteiger partial charge < -0.3 is 20.3 Å². The summed E-state index contributed by atoms with van der Waals surface area (Å²) in [5, 5.41) is 6.22. The largest absolute Gasteiger partial charge is 0.484 e. The molecule has 2 amide bonds. The van der Waals surface area contributed by atoms with Crippen LogP contribution in [-0.4, -0.2) is 42.6 Å². The first-order valence-corrected chi connectivity index (χ1v) is 10.7. The Morgan fingerprint density at radius 2 is 1.87 bits per heavy atom. The number of nitrogens with zero attached hydrogens (tertiary/aromatic N) is 1. The maximum Gasteiger partial charge on any atom is 0.258 e. The highest BCUT2D eigenvalue weighted by Gasteiger charge is 2.69. The molecule has 2 aromatic carbocycles. The zero-order valence-electron chi connectivity index (χ0n) is 17.1. The Kier molecular flexibility index (Phi) is 4.62. The number of hydrogen-bond acceptors (Lipinski definition) is 4. The van der Waals surface area contributed by atoms with Crippen molar-refractivity contribution in [2.24, 2.45) is 0 Å². The molecule has 6 rings (SSSR count). The number of ether oxygens (including phenoxy) is 1. The topological polar surface area (TPSA) is 70.7 Å². The quantitative estimate of drug-likeness (QED) is 0.720. The van der Waals surface area contributed by atoms with Crippen molar-refractivity contribution in [3.05, 3.63) is 58.9 Å². The van der Waals surface area contributed by atoms with Crippen LogP contribution in [0, 0.1) is 5.82 Å². The molecule has 2 aromatic rings. The van der Waals surface area contributed by atoms with E-state index in [0.717, 1.165) is 31.0 Å². The van der Waals surface area contributed by atoms with E-state index in [1.807, 2.05) is 30.1 Å². The first-order chi connectivity index (χ1) is 14.8. The number of amides is 2. The minimum absolute atomic E-state index is 0.00527. The molecule has 1 aliphatic heterocycles. The molecule has 6 nitrogen and oxygen atoms in total. The van der Waals surface area contributed by atoms with Crippen LogP contribution in [0.4, 0.5) is 10.1 Å². The molecule has 1 heterocycles. The monoisotopic (exact) mass is 443 g/mol. The molecule has 1 atom stereocenters. The first kappa shape index (κ1) is 20.1. The summed E-state index contributed by atoms with van der Waals surface area (Å²) in [5.74, 6) is -0.569. The molecule has 31 heavy (non-hydrogen) atoms. The summed E-state index contributed by atoms with van der Waals surface area (Å²) in [5.41, 5.74) is 1.79. The number of hydrogen-bond donors (Lipinski definition) is 2. The van der Waals surface area contributed by atoms with E-state index >= 15 is 0 Å². The second kappa shape index (κ2) is 7.12. The fourth-order valence-electron chi connectivity index (χ4n) is 5.25. The highest BCUT2D eigenvalue weighted by molar-refractivity contribution is 6.30. The third-order valence-corrected chi connectivity index (χ3v) is 6.95. The summed E-state index contributed by atoms with van der Waals surface area (Å²) in [4.78, 5) is 27.2. The Labute approximate surface area is 184 Å². The Hall–Kier alpha value is -2.80. The van der Waals surface area contributed by atoms with Gasteiger partial charge in [0.1, 0.15) is 17.6 Å². The summed E-state index contributed by atoms with van der Waals surface area (Å²) in [6.07, 6.45) is 2.86. The zero-order chi connectivity index (χ0) is 21.8. The lowest BCUT2D eigenvalue weighted by atomic mass is 9.44. The Balaban J connectivity index is 1.09. The lowest BCUT2D eigenvalue weighted by molar-refractivity contribution is -0.151. The molecule has 8 heteroatoms. The van der Waals surface area contributed by atoms with Gasteiger partial charge in [-0.1, -0.05) is 29.8 Å². The van der Waals surface area contributed by atoms with E-state index in [9.17, 15) is 14.0 Å². The molecule has 4 aliphatic rings. The third kappa shape index (κ3) is 3.51. The molecule has 2 bridgehead atoms. The van der Waals surface area contributed by atoms with Crippen molar-refractivity contribution in [3.8, 4) is 5.75 Å². The summed E-state index contributed by atoms with van der Waals surface area (Å²) in [6.45, 7) is -0.201. The smallest absolute Gasteiger partial charge is 0.258 e. The average molecular weight is 444 g/mol. The van der Waals surface area contributed by atoms with Crippen LogP contribution >= 0.6 is 11.6 Å². The normalized spacial score (nSPS) is 27.6. The van der Waals surface area contributed by atoms with Crippen molar-refractivity contribution in [3.63, 3.8) is 0 Å². The predicted octanol–water partition coefficient (Wildman–Crippen LogP) is 2.83. The number of halogens is 2. The fraction of sp³-hybridized carbons (Fsp3) is 0.391. The summed E-state index contributed by atoms with van der Waals surface area (Å²) in [7, 11) is 1.95. The van der Waals surface area contributed by atoms with Crippen molar-refractivity contribution >= 4 is 29.1 Å². The van der Waals surface area contributed by atoms with Gasteiger partial charge >= 0.3 is 0 Å². The number of fused-ring (bicyclic) bond motifs is 1. The van der Waals surface area contributed by atoms with Crippen molar-refractivity contribution in [1.29, 1.82) is 0 Å². The van der Waals surface area contributed by atoms with Gasteiger partial charge in [0.25, 0.3) is 5.91 Å². The number of carbonyl (C=O) groups excluding carboxylic acids is 2. The Morgan fingerprint density at radius 3 is 2.58 bits per heavy atom. The lowest BCUT2D eigenvalue weighted by Crippen LogP contribution is -2.84. The van der Waals surface area contributed by atoms with Gasteiger partial charge in [0.15, 0.2) is 6.61 Å². The molecule has 3 saturated carbocycles. The molecule has 3 fully saturated rings. The summed E-state index contributed by atoms with van der Waals surface area (Å²) in [6, 6.07) is 11.9. The Bertz CT molecular complexity index is 1060. The van der Waals surface area contributed by atoms with Crippen LogP contribution in [0.3, 0.4) is 0 Å². The maximum absolute atomic E-state index is 13.5. The van der Waals surface area contributed by atoms with E-state index in [2.05, 4.69) is 16.7 Å². The fourth-order valence-corrected chi connectivity index (χ4v) is 5.37. The number of anilines is 1. The van der Waals surface area contributed by atoms with Crippen LogP contribution in [0.1, 0.15) is 24.8 Å². The molecular weight excluding hydrogens is 421 g/mol. The molecule has 1 unspecified atom stereocenters. The lowest BCUT2D eigenvalue weighted by Gasteiger charge is -2.70. The molecule has 0 radical (unpaired) electrons. The predicted molar refractivity (Wildman–Crippen MR) is 115 cm³/mol. The van der Waals surface area contributed by atoms with E-state index in [-0.39, 0.29) is 46.3 Å². The number of benzene rings is 2. The van der Waals surface area contributed by atoms with Gasteiger partial charge in [0, 0.05) is 36.3 Å². The van der Waals surface area contributed by atoms with E-state index in [1.54, 1.807) is 0 Å². The molecule has 0 saturated heterocycles. The van der Waals surface area contributed by atoms with Crippen molar-refractivity contribution < 1.29 is 18.7 Å². The number of nitrogens with one attached hydrogen (secondary N) is 2. The minimum Gasteiger partial charge on any atom is -0.484 e. The van der Waals surface area contributed by atoms with Gasteiger partial charge in [-0.05, 0) is 43.0 Å². The highest BCUT2D eigenvalue weighted by Crippen LogP contribution is 2.60. The van der Waals surface area contributed by atoms with E-state index in [0.29, 0.717) is 6.42 Å². The summed E-state index contributed by atoms with van der Waals surface area (Å²) < 4.78 is 18.8. The van der Waals surface area contributed by atoms with E-state index < -0.39 is 5.82 Å². The van der Waals surface area contributed by atoms with Gasteiger partial charge in [-0.25, -0.2) is 4.39 Å². The van der Waals surface area contributed by atoms with Crippen LogP contribution in [0.2, 0.25) is 5.02 Å². The number of para-hydroxylation sites is 1. The third-order valence-electron chi connectivity index (χ3n) is 6.64. The van der Waals surface area contributed by atoms with Crippen molar-refractivity contribution in [1.82, 2.24) is 10.6 Å². The standard InChI is InChI=1S/C23H23ClFN3O3/c1-28-18-5-3-2-4-14(18)8-19(28)21(30)27-23-11-22(12-23,13-23)26-20(29)10-31-15-6-7-16(24)17(25)9-15/h2-7,9,19H,8,10-13H2,1H3,(H,26,29)(H,27,30). The molecule has 0 aromatic heterocycles. The van der Waals surface area contributed by atoms with Crippen molar-refractivity contribution in [2.75, 3.05) is 18.6 Å². The minimum atomic E-state index is -0.590. The van der Waals surface area contributed by atoms with E-state index in [4.69, 9.17) is 16.3 Å². The molecular formula is C23H23ClFN3O3. The highest BCUT2D eigenvalue weighted by atomic mass is 35.5. The summed E-state index contributed by atoms with van der Waals surface area (Å²) >= 11 is 5.64. The van der Waals surface area contributed by atoms with Gasteiger partial charge in [0.05, 0.1) is 5.02 Å². The van der Waals surface area contributed by atoms with Gasteiger partial charge in [-0.3, -0.25) is 9.59 Å². The second-order valence-corrected chi connectivity index (χ2v) is 9.36. The van der Waals surface area contributed by atoms with Gasteiger partial charge in [0.2, 0.25) is 5.91 Å².